The zero-order valence-corrected chi connectivity index (χ0v) is 18.3. The summed E-state index contributed by atoms with van der Waals surface area (Å²) in [5.74, 6) is 0.553. The van der Waals surface area contributed by atoms with Crippen molar-refractivity contribution >= 4 is 23.3 Å². The van der Waals surface area contributed by atoms with Crippen LogP contribution in [0.25, 0.3) is 0 Å². The number of benzene rings is 1. The van der Waals surface area contributed by atoms with Gasteiger partial charge in [-0.05, 0) is 36.4 Å². The Balaban J connectivity index is 1.29. The Bertz CT molecular complexity index is 1120. The van der Waals surface area contributed by atoms with Crippen LogP contribution in [-0.4, -0.2) is 44.2 Å². The van der Waals surface area contributed by atoms with Gasteiger partial charge in [0.1, 0.15) is 24.4 Å². The summed E-state index contributed by atoms with van der Waals surface area (Å²) in [6.07, 6.45) is 1.31. The number of carbonyl (C=O) groups excluding carboxylic acids is 1. The summed E-state index contributed by atoms with van der Waals surface area (Å²) in [6, 6.07) is 12.4. The molecule has 1 aromatic carbocycles. The van der Waals surface area contributed by atoms with E-state index in [2.05, 4.69) is 14.5 Å². The van der Waals surface area contributed by atoms with Gasteiger partial charge in [-0.2, -0.15) is 0 Å². The molecule has 32 heavy (non-hydrogen) atoms. The molecule has 0 spiro atoms. The molecule has 1 saturated heterocycles. The second-order valence-corrected chi connectivity index (χ2v) is 7.80. The van der Waals surface area contributed by atoms with Crippen molar-refractivity contribution in [2.45, 2.75) is 13.2 Å². The first kappa shape index (κ1) is 22.0. The monoisotopic (exact) mass is 458 g/mol. The van der Waals surface area contributed by atoms with Gasteiger partial charge in [0, 0.05) is 43.0 Å². The van der Waals surface area contributed by atoms with E-state index in [-0.39, 0.29) is 23.5 Å². The van der Waals surface area contributed by atoms with Crippen molar-refractivity contribution in [2.75, 3.05) is 38.2 Å². The topological polar surface area (TPSA) is 85.4 Å². The number of esters is 1. The van der Waals surface area contributed by atoms with E-state index in [1.807, 2.05) is 24.3 Å². The number of furan rings is 1. The molecule has 0 bridgehead atoms. The van der Waals surface area contributed by atoms with Crippen LogP contribution in [-0.2, 0) is 17.9 Å². The minimum absolute atomic E-state index is 0.00619. The van der Waals surface area contributed by atoms with Gasteiger partial charge in [-0.3, -0.25) is 9.69 Å². The number of ether oxygens (including phenoxy) is 2. The SMILES string of the molecule is COC(=O)c1ccc(COc2coc(CN3CCN(c4ccc(Cl)cc4)CC3)cc2=O)o1. The molecule has 8 nitrogen and oxygen atoms in total. The van der Waals surface area contributed by atoms with E-state index < -0.39 is 5.97 Å². The van der Waals surface area contributed by atoms with Crippen LogP contribution >= 0.6 is 11.6 Å². The van der Waals surface area contributed by atoms with Crippen LogP contribution in [0.2, 0.25) is 5.02 Å². The minimum atomic E-state index is -0.575. The molecule has 0 N–H and O–H groups in total. The number of anilines is 1. The summed E-state index contributed by atoms with van der Waals surface area (Å²) in [4.78, 5) is 28.4. The van der Waals surface area contributed by atoms with Crippen molar-refractivity contribution in [1.29, 1.82) is 0 Å². The zero-order chi connectivity index (χ0) is 22.5. The largest absolute Gasteiger partial charge is 0.479 e. The van der Waals surface area contributed by atoms with Crippen LogP contribution in [0.4, 0.5) is 5.69 Å². The maximum absolute atomic E-state index is 12.4. The highest BCUT2D eigenvalue weighted by Crippen LogP contribution is 2.20. The third kappa shape index (κ3) is 5.33. The van der Waals surface area contributed by atoms with Gasteiger partial charge in [0.25, 0.3) is 0 Å². The minimum Gasteiger partial charge on any atom is -0.479 e. The van der Waals surface area contributed by atoms with Gasteiger partial charge in [-0.15, -0.1) is 0 Å². The molecule has 0 atom stereocenters. The van der Waals surface area contributed by atoms with Gasteiger partial charge in [-0.1, -0.05) is 11.6 Å². The van der Waals surface area contributed by atoms with Crippen molar-refractivity contribution in [2.24, 2.45) is 0 Å². The van der Waals surface area contributed by atoms with Crippen molar-refractivity contribution in [1.82, 2.24) is 4.90 Å². The summed E-state index contributed by atoms with van der Waals surface area (Å²) in [6.45, 7) is 4.00. The average Bonchev–Trinajstić information content (AvgIpc) is 3.28. The number of nitrogens with zero attached hydrogens (tertiary/aromatic N) is 2. The number of rotatable bonds is 7. The van der Waals surface area contributed by atoms with Crippen molar-refractivity contribution in [3.8, 4) is 5.75 Å². The van der Waals surface area contributed by atoms with Gasteiger partial charge in [0.15, 0.2) is 0 Å². The molecule has 9 heteroatoms. The predicted molar refractivity (Wildman–Crippen MR) is 118 cm³/mol. The smallest absolute Gasteiger partial charge is 0.373 e. The number of piperazine rings is 1. The third-order valence-electron chi connectivity index (χ3n) is 5.21. The van der Waals surface area contributed by atoms with E-state index in [4.69, 9.17) is 25.2 Å². The Morgan fingerprint density at radius 1 is 1.06 bits per heavy atom. The molecule has 0 radical (unpaired) electrons. The van der Waals surface area contributed by atoms with Crippen molar-refractivity contribution < 1.29 is 23.1 Å². The summed E-state index contributed by atoms with van der Waals surface area (Å²) < 4.78 is 21.0. The van der Waals surface area contributed by atoms with Gasteiger partial charge in [0.2, 0.25) is 16.9 Å². The van der Waals surface area contributed by atoms with Crippen LogP contribution in [0.1, 0.15) is 22.1 Å². The highest BCUT2D eigenvalue weighted by atomic mass is 35.5. The van der Waals surface area contributed by atoms with Crippen LogP contribution in [0, 0.1) is 0 Å². The number of hydrogen-bond donors (Lipinski definition) is 0. The van der Waals surface area contributed by atoms with Crippen molar-refractivity contribution in [3.05, 3.63) is 81.3 Å². The quantitative estimate of drug-likeness (QED) is 0.497. The van der Waals surface area contributed by atoms with E-state index >= 15 is 0 Å². The maximum Gasteiger partial charge on any atom is 0.373 e. The van der Waals surface area contributed by atoms with Gasteiger partial charge < -0.3 is 23.2 Å². The summed E-state index contributed by atoms with van der Waals surface area (Å²) in [7, 11) is 1.27. The molecule has 2 aromatic heterocycles. The Morgan fingerprint density at radius 2 is 1.81 bits per heavy atom. The molecular formula is C23H23ClN2O6. The van der Waals surface area contributed by atoms with E-state index in [1.54, 1.807) is 6.07 Å². The second kappa shape index (κ2) is 9.93. The Morgan fingerprint density at radius 3 is 2.50 bits per heavy atom. The fraction of sp³-hybridized carbons (Fsp3) is 0.304. The Hall–Kier alpha value is -3.23. The molecule has 1 fully saturated rings. The summed E-state index contributed by atoms with van der Waals surface area (Å²) >= 11 is 5.96. The highest BCUT2D eigenvalue weighted by Gasteiger charge is 2.19. The van der Waals surface area contributed by atoms with Gasteiger partial charge in [-0.25, -0.2) is 4.79 Å². The molecule has 0 saturated carbocycles. The molecule has 1 aliphatic rings. The summed E-state index contributed by atoms with van der Waals surface area (Å²) in [5.41, 5.74) is 0.878. The van der Waals surface area contributed by atoms with Crippen LogP contribution in [0.5, 0.6) is 5.75 Å². The van der Waals surface area contributed by atoms with Crippen LogP contribution in [0.3, 0.4) is 0 Å². The van der Waals surface area contributed by atoms with E-state index in [9.17, 15) is 9.59 Å². The molecular weight excluding hydrogens is 436 g/mol. The lowest BCUT2D eigenvalue weighted by atomic mass is 10.2. The Labute approximate surface area is 189 Å². The molecule has 3 heterocycles. The summed E-state index contributed by atoms with van der Waals surface area (Å²) in [5, 5.41) is 0.727. The predicted octanol–water partition coefficient (Wildman–Crippen LogP) is 3.57. The first-order valence-corrected chi connectivity index (χ1v) is 10.5. The Kier molecular flexibility index (Phi) is 6.82. The molecule has 168 valence electrons. The number of methoxy groups -OCH3 is 1. The lowest BCUT2D eigenvalue weighted by Gasteiger charge is -2.35. The first-order chi connectivity index (χ1) is 15.5. The van der Waals surface area contributed by atoms with Gasteiger partial charge >= 0.3 is 5.97 Å². The molecule has 0 unspecified atom stereocenters. The first-order valence-electron chi connectivity index (χ1n) is 10.2. The average molecular weight is 459 g/mol. The van der Waals surface area contributed by atoms with E-state index in [1.165, 1.54) is 25.5 Å². The zero-order valence-electron chi connectivity index (χ0n) is 17.6. The number of carbonyl (C=O) groups is 1. The normalized spacial score (nSPS) is 14.4. The maximum atomic E-state index is 12.4. The molecule has 0 amide bonds. The lowest BCUT2D eigenvalue weighted by molar-refractivity contribution is 0.0561. The van der Waals surface area contributed by atoms with E-state index in [0.29, 0.717) is 18.1 Å². The lowest BCUT2D eigenvalue weighted by Crippen LogP contribution is -2.46. The number of halogens is 1. The third-order valence-corrected chi connectivity index (χ3v) is 5.47. The molecule has 1 aliphatic heterocycles. The van der Waals surface area contributed by atoms with E-state index in [0.717, 1.165) is 36.9 Å². The van der Waals surface area contributed by atoms with Crippen LogP contribution in [0.15, 0.2) is 62.4 Å². The second-order valence-electron chi connectivity index (χ2n) is 7.36. The van der Waals surface area contributed by atoms with Gasteiger partial charge in [0.05, 0.1) is 13.7 Å². The van der Waals surface area contributed by atoms with Crippen LogP contribution < -0.4 is 15.1 Å². The highest BCUT2D eigenvalue weighted by molar-refractivity contribution is 6.30. The molecule has 4 rings (SSSR count). The molecule has 3 aromatic rings. The standard InChI is InChI=1S/C23H23ClN2O6/c1-29-23(28)21-7-6-18(32-21)14-31-22-15-30-19(12-20(22)27)13-25-8-10-26(11-9-25)17-4-2-16(24)3-5-17/h2-7,12,15H,8-11,13-14H2,1H3. The fourth-order valence-electron chi connectivity index (χ4n) is 3.48. The number of hydrogen-bond acceptors (Lipinski definition) is 8. The molecule has 0 aliphatic carbocycles. The van der Waals surface area contributed by atoms with Crippen molar-refractivity contribution in [3.63, 3.8) is 0 Å². The fourth-order valence-corrected chi connectivity index (χ4v) is 3.60.